The van der Waals surface area contributed by atoms with Crippen molar-refractivity contribution in [1.82, 2.24) is 5.32 Å². The fourth-order valence-electron chi connectivity index (χ4n) is 2.70. The molecule has 104 valence electrons. The SMILES string of the molecule is N#Cc1ccccc1[N+](Cc1ccccc1)=C1CCCN1. The van der Waals surface area contributed by atoms with E-state index in [4.69, 9.17) is 0 Å². The number of nitriles is 1. The molecular weight excluding hydrogens is 258 g/mol. The standard InChI is InChI=1S/C18H17N3/c19-13-16-9-4-5-10-17(16)21(18-11-6-12-20-18)14-15-7-2-1-3-8-15/h1-5,7-10H,6,11-12,14H2/p+1. The molecule has 2 aromatic rings. The smallest absolute Gasteiger partial charge is 0.250 e. The fraction of sp³-hybridized carbons (Fsp3) is 0.222. The normalized spacial score (nSPS) is 16.1. The zero-order valence-corrected chi connectivity index (χ0v) is 11.9. The number of nitrogens with one attached hydrogen (secondary N) is 1. The van der Waals surface area contributed by atoms with Gasteiger partial charge in [-0.3, -0.25) is 5.32 Å². The van der Waals surface area contributed by atoms with Crippen LogP contribution in [-0.4, -0.2) is 17.0 Å². The molecule has 3 nitrogen and oxygen atoms in total. The number of benzene rings is 2. The van der Waals surface area contributed by atoms with E-state index < -0.39 is 0 Å². The van der Waals surface area contributed by atoms with Gasteiger partial charge in [-0.2, -0.15) is 5.26 Å². The van der Waals surface area contributed by atoms with Gasteiger partial charge in [0.25, 0.3) is 0 Å². The van der Waals surface area contributed by atoms with Gasteiger partial charge in [-0.15, -0.1) is 0 Å². The number of rotatable bonds is 3. The Morgan fingerprint density at radius 1 is 1.05 bits per heavy atom. The van der Waals surface area contributed by atoms with E-state index in [2.05, 4.69) is 40.2 Å². The summed E-state index contributed by atoms with van der Waals surface area (Å²) in [6, 6.07) is 20.5. The van der Waals surface area contributed by atoms with E-state index in [1.165, 1.54) is 11.4 Å². The zero-order chi connectivity index (χ0) is 14.5. The Balaban J connectivity index is 2.05. The molecule has 1 aliphatic heterocycles. The van der Waals surface area contributed by atoms with E-state index in [0.717, 1.165) is 37.2 Å². The predicted molar refractivity (Wildman–Crippen MR) is 83.5 cm³/mol. The largest absolute Gasteiger partial charge is 0.278 e. The molecule has 2 aromatic carbocycles. The summed E-state index contributed by atoms with van der Waals surface area (Å²) in [5.41, 5.74) is 2.94. The monoisotopic (exact) mass is 276 g/mol. The van der Waals surface area contributed by atoms with Crippen molar-refractivity contribution in [2.24, 2.45) is 0 Å². The Morgan fingerprint density at radius 2 is 1.81 bits per heavy atom. The molecule has 1 saturated heterocycles. The number of amidine groups is 1. The third-order valence-electron chi connectivity index (χ3n) is 3.74. The van der Waals surface area contributed by atoms with Crippen LogP contribution in [-0.2, 0) is 6.54 Å². The molecule has 21 heavy (non-hydrogen) atoms. The highest BCUT2D eigenvalue weighted by molar-refractivity contribution is 5.80. The highest BCUT2D eigenvalue weighted by Gasteiger charge is 2.22. The van der Waals surface area contributed by atoms with Crippen molar-refractivity contribution < 1.29 is 4.58 Å². The van der Waals surface area contributed by atoms with E-state index in [0.29, 0.717) is 0 Å². The molecule has 0 unspecified atom stereocenters. The molecule has 0 aromatic heterocycles. The minimum absolute atomic E-state index is 0.717. The van der Waals surface area contributed by atoms with Crippen molar-refractivity contribution in [3.05, 3.63) is 65.7 Å². The summed E-state index contributed by atoms with van der Waals surface area (Å²) in [6.07, 6.45) is 2.18. The number of para-hydroxylation sites is 1. The molecule has 0 saturated carbocycles. The lowest BCUT2D eigenvalue weighted by atomic mass is 10.1. The van der Waals surface area contributed by atoms with Gasteiger partial charge < -0.3 is 0 Å². The quantitative estimate of drug-likeness (QED) is 0.874. The van der Waals surface area contributed by atoms with Crippen molar-refractivity contribution in [3.63, 3.8) is 0 Å². The highest BCUT2D eigenvalue weighted by atomic mass is 15.1. The minimum atomic E-state index is 0.717. The average Bonchev–Trinajstić information content (AvgIpc) is 3.08. The molecule has 0 radical (unpaired) electrons. The van der Waals surface area contributed by atoms with Gasteiger partial charge in [0, 0.05) is 0 Å². The molecule has 1 heterocycles. The molecule has 0 aliphatic carbocycles. The van der Waals surface area contributed by atoms with Crippen LogP contribution in [0, 0.1) is 11.3 Å². The van der Waals surface area contributed by atoms with Crippen LogP contribution in [0.5, 0.6) is 0 Å². The third-order valence-corrected chi connectivity index (χ3v) is 3.74. The maximum atomic E-state index is 9.37. The fourth-order valence-corrected chi connectivity index (χ4v) is 2.70. The van der Waals surface area contributed by atoms with Gasteiger partial charge in [0.05, 0.1) is 18.5 Å². The number of nitrogens with zero attached hydrogens (tertiary/aromatic N) is 2. The predicted octanol–water partition coefficient (Wildman–Crippen LogP) is 3.18. The van der Waals surface area contributed by atoms with Crippen LogP contribution < -0.4 is 5.32 Å². The Labute approximate surface area is 125 Å². The van der Waals surface area contributed by atoms with E-state index in [1.54, 1.807) is 0 Å². The lowest BCUT2D eigenvalue weighted by molar-refractivity contribution is -0.461. The van der Waals surface area contributed by atoms with Crippen molar-refractivity contribution in [2.45, 2.75) is 19.4 Å². The second-order valence-electron chi connectivity index (χ2n) is 5.18. The van der Waals surface area contributed by atoms with E-state index in [-0.39, 0.29) is 0 Å². The lowest BCUT2D eigenvalue weighted by Crippen LogP contribution is -2.26. The second kappa shape index (κ2) is 6.23. The third kappa shape index (κ3) is 2.95. The molecule has 0 amide bonds. The topological polar surface area (TPSA) is 38.8 Å². The van der Waals surface area contributed by atoms with E-state index in [9.17, 15) is 5.26 Å². The minimum Gasteiger partial charge on any atom is -0.278 e. The maximum Gasteiger partial charge on any atom is 0.250 e. The Kier molecular flexibility index (Phi) is 3.97. The van der Waals surface area contributed by atoms with Gasteiger partial charge in [0.2, 0.25) is 5.84 Å². The molecule has 0 spiro atoms. The van der Waals surface area contributed by atoms with Crippen LogP contribution in [0.4, 0.5) is 5.69 Å². The van der Waals surface area contributed by atoms with Gasteiger partial charge in [-0.25, -0.2) is 4.58 Å². The van der Waals surface area contributed by atoms with E-state index in [1.807, 2.05) is 30.3 Å². The summed E-state index contributed by atoms with van der Waals surface area (Å²) in [6.45, 7) is 1.79. The van der Waals surface area contributed by atoms with Crippen molar-refractivity contribution in [3.8, 4) is 6.07 Å². The van der Waals surface area contributed by atoms with Gasteiger partial charge in [0.1, 0.15) is 18.3 Å². The molecule has 0 atom stereocenters. The first-order chi connectivity index (χ1) is 10.4. The number of hydrogen-bond donors (Lipinski definition) is 1. The second-order valence-corrected chi connectivity index (χ2v) is 5.18. The summed E-state index contributed by atoms with van der Waals surface area (Å²) >= 11 is 0. The summed E-state index contributed by atoms with van der Waals surface area (Å²) in [5.74, 6) is 1.21. The molecule has 1 N–H and O–H groups in total. The average molecular weight is 276 g/mol. The Bertz CT molecular complexity index is 688. The Morgan fingerprint density at radius 3 is 2.52 bits per heavy atom. The summed E-state index contributed by atoms with van der Waals surface area (Å²) in [5, 5.41) is 12.8. The van der Waals surface area contributed by atoms with E-state index >= 15 is 0 Å². The first-order valence-corrected chi connectivity index (χ1v) is 7.29. The number of hydrogen-bond acceptors (Lipinski definition) is 1. The van der Waals surface area contributed by atoms with Crippen LogP contribution >= 0.6 is 0 Å². The summed E-state index contributed by atoms with van der Waals surface area (Å²) in [4.78, 5) is 0. The molecule has 3 rings (SSSR count). The zero-order valence-electron chi connectivity index (χ0n) is 11.9. The maximum absolute atomic E-state index is 9.37. The van der Waals surface area contributed by atoms with Crippen LogP contribution in [0.1, 0.15) is 24.0 Å². The highest BCUT2D eigenvalue weighted by Crippen LogP contribution is 2.21. The van der Waals surface area contributed by atoms with Crippen LogP contribution in [0.3, 0.4) is 0 Å². The van der Waals surface area contributed by atoms with Crippen molar-refractivity contribution >= 4 is 11.5 Å². The van der Waals surface area contributed by atoms with Gasteiger partial charge in [-0.1, -0.05) is 42.5 Å². The molecular formula is C18H18N3+. The van der Waals surface area contributed by atoms with Crippen LogP contribution in [0.15, 0.2) is 54.6 Å². The van der Waals surface area contributed by atoms with Gasteiger partial charge in [0.15, 0.2) is 0 Å². The molecule has 1 fully saturated rings. The van der Waals surface area contributed by atoms with Crippen molar-refractivity contribution in [2.75, 3.05) is 6.54 Å². The first-order valence-electron chi connectivity index (χ1n) is 7.29. The molecule has 0 bridgehead atoms. The first kappa shape index (κ1) is 13.4. The van der Waals surface area contributed by atoms with Crippen molar-refractivity contribution in [1.29, 1.82) is 5.26 Å². The summed E-state index contributed by atoms with van der Waals surface area (Å²) < 4.78 is 2.24. The van der Waals surface area contributed by atoms with Gasteiger partial charge >= 0.3 is 0 Å². The Hall–Kier alpha value is -2.60. The van der Waals surface area contributed by atoms with Gasteiger partial charge in [-0.05, 0) is 24.1 Å². The summed E-state index contributed by atoms with van der Waals surface area (Å²) in [7, 11) is 0. The lowest BCUT2D eigenvalue weighted by Gasteiger charge is -2.11. The van der Waals surface area contributed by atoms with Crippen LogP contribution in [0.25, 0.3) is 0 Å². The van der Waals surface area contributed by atoms with Crippen LogP contribution in [0.2, 0.25) is 0 Å². The molecule has 1 aliphatic rings. The molecule has 3 heteroatoms.